The largest absolute Gasteiger partial charge is 0.497 e. The number of amides is 1. The molecule has 0 unspecified atom stereocenters. The number of ether oxygens (including phenoxy) is 1. The first-order chi connectivity index (χ1) is 13.5. The zero-order chi connectivity index (χ0) is 20.3. The van der Waals surface area contributed by atoms with E-state index < -0.39 is 0 Å². The number of nitrogens with one attached hydrogen (secondary N) is 1. The Kier molecular flexibility index (Phi) is 5.83. The number of hydrogen-bond acceptors (Lipinski definition) is 3. The Bertz CT molecular complexity index is 1060. The van der Waals surface area contributed by atoms with Gasteiger partial charge in [-0.15, -0.1) is 0 Å². The lowest BCUT2D eigenvalue weighted by Crippen LogP contribution is -2.24. The Morgan fingerprint density at radius 1 is 1.07 bits per heavy atom. The zero-order valence-corrected chi connectivity index (χ0v) is 16.8. The van der Waals surface area contributed by atoms with Crippen LogP contribution in [0.15, 0.2) is 47.4 Å². The van der Waals surface area contributed by atoms with Crippen LogP contribution in [0.25, 0.3) is 10.9 Å². The molecule has 1 aromatic heterocycles. The average molecular weight is 378 g/mol. The van der Waals surface area contributed by atoms with Gasteiger partial charge < -0.3 is 14.6 Å². The smallest absolute Gasteiger partial charge is 0.261 e. The summed E-state index contributed by atoms with van der Waals surface area (Å²) in [5.74, 6) is 0.210. The Labute approximate surface area is 165 Å². The molecule has 0 spiro atoms. The maximum atomic E-state index is 13.1. The van der Waals surface area contributed by atoms with E-state index in [1.807, 2.05) is 41.8 Å². The van der Waals surface area contributed by atoms with Gasteiger partial charge in [0.2, 0.25) is 5.43 Å². The first kappa shape index (κ1) is 19.7. The number of nitrogens with zero attached hydrogens (tertiary/aromatic N) is 1. The van der Waals surface area contributed by atoms with Gasteiger partial charge in [0.15, 0.2) is 0 Å². The van der Waals surface area contributed by atoms with E-state index >= 15 is 0 Å². The van der Waals surface area contributed by atoms with Crippen LogP contribution in [-0.2, 0) is 19.4 Å². The van der Waals surface area contributed by atoms with Crippen molar-refractivity contribution in [3.8, 4) is 5.75 Å². The molecule has 0 saturated carbocycles. The summed E-state index contributed by atoms with van der Waals surface area (Å²) in [5.41, 5.74) is 3.56. The van der Waals surface area contributed by atoms with Crippen molar-refractivity contribution in [2.24, 2.45) is 0 Å². The highest BCUT2D eigenvalue weighted by molar-refractivity contribution is 6.06. The minimum atomic E-state index is -0.382. The molecule has 5 nitrogen and oxygen atoms in total. The molecular formula is C23H26N2O3. The molecular weight excluding hydrogens is 352 g/mol. The van der Waals surface area contributed by atoms with Gasteiger partial charge in [-0.1, -0.05) is 32.0 Å². The molecule has 0 radical (unpaired) electrons. The van der Waals surface area contributed by atoms with Gasteiger partial charge in [0.1, 0.15) is 11.3 Å². The van der Waals surface area contributed by atoms with Crippen molar-refractivity contribution in [1.82, 2.24) is 4.57 Å². The second kappa shape index (κ2) is 8.30. The number of aromatic nitrogens is 1. The molecule has 0 saturated heterocycles. The lowest BCUT2D eigenvalue weighted by atomic mass is 10.0. The van der Waals surface area contributed by atoms with Crippen LogP contribution in [0.5, 0.6) is 5.75 Å². The predicted octanol–water partition coefficient (Wildman–Crippen LogP) is 4.41. The molecule has 1 amide bonds. The number of methoxy groups -OCH3 is 1. The van der Waals surface area contributed by atoms with Crippen molar-refractivity contribution in [3.63, 3.8) is 0 Å². The molecule has 3 rings (SSSR count). The summed E-state index contributed by atoms with van der Waals surface area (Å²) in [7, 11) is 1.56. The number of para-hydroxylation sites is 1. The summed E-state index contributed by atoms with van der Waals surface area (Å²) in [5, 5.41) is 3.48. The molecule has 3 aromatic rings. The highest BCUT2D eigenvalue weighted by atomic mass is 16.5. The van der Waals surface area contributed by atoms with Crippen LogP contribution >= 0.6 is 0 Å². The summed E-state index contributed by atoms with van der Waals surface area (Å²) < 4.78 is 7.17. The number of aryl methyl sites for hydroxylation is 3. The van der Waals surface area contributed by atoms with Crippen LogP contribution in [0.2, 0.25) is 0 Å². The number of carbonyl (C=O) groups is 1. The molecule has 0 aliphatic heterocycles. The van der Waals surface area contributed by atoms with Gasteiger partial charge in [-0.25, -0.2) is 0 Å². The third kappa shape index (κ3) is 3.52. The van der Waals surface area contributed by atoms with E-state index in [0.29, 0.717) is 17.7 Å². The van der Waals surface area contributed by atoms with Gasteiger partial charge in [-0.05, 0) is 49.1 Å². The number of hydrogen-bond donors (Lipinski definition) is 1. The fraction of sp³-hybridized carbons (Fsp3) is 0.304. The normalized spacial score (nSPS) is 10.9. The highest BCUT2D eigenvalue weighted by Gasteiger charge is 2.18. The fourth-order valence-electron chi connectivity index (χ4n) is 3.51. The molecule has 2 aromatic carbocycles. The van der Waals surface area contributed by atoms with Gasteiger partial charge in [0.25, 0.3) is 5.91 Å². The van der Waals surface area contributed by atoms with Gasteiger partial charge in [-0.3, -0.25) is 9.59 Å². The third-order valence-electron chi connectivity index (χ3n) is 5.11. The molecule has 1 heterocycles. The van der Waals surface area contributed by atoms with Crippen LogP contribution < -0.4 is 15.5 Å². The number of benzene rings is 2. The number of anilines is 1. The summed E-state index contributed by atoms with van der Waals surface area (Å²) in [4.78, 5) is 26.2. The van der Waals surface area contributed by atoms with Crippen LogP contribution in [0.1, 0.15) is 42.3 Å². The number of carbonyl (C=O) groups excluding carboxylic acids is 1. The van der Waals surface area contributed by atoms with Gasteiger partial charge >= 0.3 is 0 Å². The van der Waals surface area contributed by atoms with Crippen molar-refractivity contribution in [3.05, 3.63) is 69.5 Å². The van der Waals surface area contributed by atoms with Crippen molar-refractivity contribution in [2.45, 2.75) is 40.2 Å². The topological polar surface area (TPSA) is 60.3 Å². The molecule has 0 aliphatic carbocycles. The van der Waals surface area contributed by atoms with Crippen LogP contribution in [0, 0.1) is 0 Å². The zero-order valence-electron chi connectivity index (χ0n) is 16.8. The summed E-state index contributed by atoms with van der Waals surface area (Å²) in [6.45, 7) is 6.74. The monoisotopic (exact) mass is 378 g/mol. The first-order valence-corrected chi connectivity index (χ1v) is 9.67. The molecule has 0 fully saturated rings. The minimum absolute atomic E-state index is 0.135. The minimum Gasteiger partial charge on any atom is -0.497 e. The Hall–Kier alpha value is -3.08. The summed E-state index contributed by atoms with van der Waals surface area (Å²) in [6, 6.07) is 11.4. The van der Waals surface area contributed by atoms with Gasteiger partial charge in [-0.2, -0.15) is 0 Å². The van der Waals surface area contributed by atoms with E-state index in [0.717, 1.165) is 35.2 Å². The summed E-state index contributed by atoms with van der Waals surface area (Å²) >= 11 is 0. The number of pyridine rings is 1. The maximum Gasteiger partial charge on any atom is 0.261 e. The van der Waals surface area contributed by atoms with E-state index in [1.54, 1.807) is 19.4 Å². The standard InChI is InChI=1S/C23H26N2O3/c1-5-15-9-8-10-16(6-2)21(15)24-23(27)19-14-25(7-3)20-12-11-17(28-4)13-18(20)22(19)26/h8-14H,5-7H2,1-4H3,(H,24,27). The molecule has 0 atom stereocenters. The third-order valence-corrected chi connectivity index (χ3v) is 5.11. The Balaban J connectivity index is 2.13. The Morgan fingerprint density at radius 3 is 2.32 bits per heavy atom. The quantitative estimate of drug-likeness (QED) is 0.691. The Morgan fingerprint density at radius 2 is 1.75 bits per heavy atom. The van der Waals surface area contributed by atoms with Gasteiger partial charge in [0.05, 0.1) is 18.0 Å². The lowest BCUT2D eigenvalue weighted by molar-refractivity contribution is 0.102. The molecule has 28 heavy (non-hydrogen) atoms. The van der Waals surface area contributed by atoms with E-state index in [2.05, 4.69) is 19.2 Å². The summed E-state index contributed by atoms with van der Waals surface area (Å²) in [6.07, 6.45) is 3.25. The van der Waals surface area contributed by atoms with E-state index in [-0.39, 0.29) is 16.9 Å². The van der Waals surface area contributed by atoms with Gasteiger partial charge in [0, 0.05) is 18.4 Å². The number of rotatable bonds is 6. The van der Waals surface area contributed by atoms with E-state index in [4.69, 9.17) is 4.74 Å². The lowest BCUT2D eigenvalue weighted by Gasteiger charge is -2.16. The first-order valence-electron chi connectivity index (χ1n) is 9.67. The van der Waals surface area contributed by atoms with E-state index in [1.165, 1.54) is 0 Å². The van der Waals surface area contributed by atoms with Crippen molar-refractivity contribution in [1.29, 1.82) is 0 Å². The van der Waals surface area contributed by atoms with E-state index in [9.17, 15) is 9.59 Å². The van der Waals surface area contributed by atoms with Crippen LogP contribution in [0.3, 0.4) is 0 Å². The highest BCUT2D eigenvalue weighted by Crippen LogP contribution is 2.24. The predicted molar refractivity (Wildman–Crippen MR) is 114 cm³/mol. The molecule has 1 N–H and O–H groups in total. The average Bonchev–Trinajstić information content (AvgIpc) is 2.73. The molecule has 146 valence electrons. The fourth-order valence-corrected chi connectivity index (χ4v) is 3.51. The SMILES string of the molecule is CCc1cccc(CC)c1NC(=O)c1cn(CC)c2ccc(OC)cc2c1=O. The second-order valence-corrected chi connectivity index (χ2v) is 6.65. The van der Waals surface area contributed by atoms with Crippen molar-refractivity contribution < 1.29 is 9.53 Å². The number of fused-ring (bicyclic) bond motifs is 1. The molecule has 5 heteroatoms. The van der Waals surface area contributed by atoms with Crippen LogP contribution in [0.4, 0.5) is 5.69 Å². The maximum absolute atomic E-state index is 13.1. The van der Waals surface area contributed by atoms with Crippen molar-refractivity contribution in [2.75, 3.05) is 12.4 Å². The van der Waals surface area contributed by atoms with Crippen LogP contribution in [-0.4, -0.2) is 17.6 Å². The second-order valence-electron chi connectivity index (χ2n) is 6.65. The molecule has 0 bridgehead atoms. The van der Waals surface area contributed by atoms with Crippen molar-refractivity contribution >= 4 is 22.5 Å². The molecule has 0 aliphatic rings.